The molecule has 0 amide bonds. The van der Waals surface area contributed by atoms with Gasteiger partial charge in [0.05, 0.1) is 0 Å². The Kier molecular flexibility index (Phi) is 4.77. The third kappa shape index (κ3) is 5.21. The molecule has 0 spiro atoms. The van der Waals surface area contributed by atoms with Crippen LogP contribution in [0.15, 0.2) is 60.7 Å². The van der Waals surface area contributed by atoms with Crippen molar-refractivity contribution < 1.29 is 5.11 Å². The van der Waals surface area contributed by atoms with Crippen molar-refractivity contribution in [2.75, 3.05) is 0 Å². The summed E-state index contributed by atoms with van der Waals surface area (Å²) in [6.07, 6.45) is 0. The van der Waals surface area contributed by atoms with Gasteiger partial charge in [-0.2, -0.15) is 0 Å². The zero-order valence-electron chi connectivity index (χ0n) is 10.7. The lowest BCUT2D eigenvalue weighted by Gasteiger charge is -2.18. The van der Waals surface area contributed by atoms with Crippen LogP contribution in [-0.2, 0) is 5.41 Å². The van der Waals surface area contributed by atoms with Crippen molar-refractivity contribution in [2.45, 2.75) is 26.2 Å². The quantitative estimate of drug-likeness (QED) is 0.709. The molecular weight excluding hydrogens is 208 g/mol. The maximum atomic E-state index is 8.63. The minimum Gasteiger partial charge on any atom is -0.508 e. The van der Waals surface area contributed by atoms with Crippen molar-refractivity contribution >= 4 is 0 Å². The Hall–Kier alpha value is -1.76. The van der Waals surface area contributed by atoms with Gasteiger partial charge >= 0.3 is 0 Å². The third-order valence-corrected chi connectivity index (χ3v) is 2.40. The molecule has 0 saturated carbocycles. The lowest BCUT2D eigenvalue weighted by atomic mass is 9.87. The van der Waals surface area contributed by atoms with E-state index in [2.05, 4.69) is 51.1 Å². The number of rotatable bonds is 0. The number of para-hydroxylation sites is 1. The van der Waals surface area contributed by atoms with Crippen LogP contribution < -0.4 is 0 Å². The number of hydrogen-bond acceptors (Lipinski definition) is 1. The summed E-state index contributed by atoms with van der Waals surface area (Å²) in [6.45, 7) is 6.67. The lowest BCUT2D eigenvalue weighted by molar-refractivity contribution is 0.475. The summed E-state index contributed by atoms with van der Waals surface area (Å²) in [5, 5.41) is 8.63. The molecule has 0 aliphatic heterocycles. The highest BCUT2D eigenvalue weighted by atomic mass is 16.3. The maximum Gasteiger partial charge on any atom is 0.115 e. The molecule has 0 aromatic heterocycles. The Morgan fingerprint density at radius 1 is 0.706 bits per heavy atom. The Balaban J connectivity index is 0.000000181. The number of aromatic hydroxyl groups is 1. The molecule has 1 heteroatoms. The zero-order valence-corrected chi connectivity index (χ0v) is 10.7. The van der Waals surface area contributed by atoms with E-state index in [0.717, 1.165) is 0 Å². The van der Waals surface area contributed by atoms with Gasteiger partial charge < -0.3 is 5.11 Å². The van der Waals surface area contributed by atoms with Crippen LogP contribution in [-0.4, -0.2) is 5.11 Å². The molecule has 90 valence electrons. The van der Waals surface area contributed by atoms with Crippen molar-refractivity contribution in [3.63, 3.8) is 0 Å². The summed E-state index contributed by atoms with van der Waals surface area (Å²) < 4.78 is 0. The van der Waals surface area contributed by atoms with E-state index in [0.29, 0.717) is 11.2 Å². The largest absolute Gasteiger partial charge is 0.508 e. The summed E-state index contributed by atoms with van der Waals surface area (Å²) in [7, 11) is 0. The molecule has 0 saturated heterocycles. The van der Waals surface area contributed by atoms with Crippen LogP contribution in [0.1, 0.15) is 26.3 Å². The molecule has 0 aliphatic rings. The smallest absolute Gasteiger partial charge is 0.115 e. The minimum atomic E-state index is 0.293. The summed E-state index contributed by atoms with van der Waals surface area (Å²) in [5.74, 6) is 0.322. The average Bonchev–Trinajstić information content (AvgIpc) is 2.31. The van der Waals surface area contributed by atoms with Gasteiger partial charge in [-0.3, -0.25) is 0 Å². The van der Waals surface area contributed by atoms with Crippen LogP contribution in [0.2, 0.25) is 0 Å². The fourth-order valence-corrected chi connectivity index (χ4v) is 1.37. The van der Waals surface area contributed by atoms with Crippen LogP contribution in [0.5, 0.6) is 5.75 Å². The normalized spacial score (nSPS) is 10.3. The first kappa shape index (κ1) is 13.3. The molecule has 1 N–H and O–H groups in total. The van der Waals surface area contributed by atoms with Gasteiger partial charge in [0.15, 0.2) is 0 Å². The summed E-state index contributed by atoms with van der Waals surface area (Å²) in [6, 6.07) is 19.3. The first-order chi connectivity index (χ1) is 8.00. The van der Waals surface area contributed by atoms with E-state index in [-0.39, 0.29) is 0 Å². The van der Waals surface area contributed by atoms with E-state index in [1.54, 1.807) is 24.3 Å². The number of hydrogen-bond donors (Lipinski definition) is 1. The number of phenolic OH excluding ortho intramolecular Hbond substituents is 1. The molecule has 0 atom stereocenters. The molecule has 2 rings (SSSR count). The van der Waals surface area contributed by atoms with Gasteiger partial charge in [0, 0.05) is 0 Å². The standard InChI is InChI=1S/C10H14.C6H6O/c1-10(2,3)9-7-5-4-6-8-9;7-6-4-2-1-3-5-6/h4-8H,1-3H3;1-5,7H. The van der Waals surface area contributed by atoms with Gasteiger partial charge in [0.2, 0.25) is 0 Å². The van der Waals surface area contributed by atoms with Crippen LogP contribution >= 0.6 is 0 Å². The Morgan fingerprint density at radius 2 is 1.12 bits per heavy atom. The fraction of sp³-hybridized carbons (Fsp3) is 0.250. The SMILES string of the molecule is CC(C)(C)c1ccccc1.Oc1ccccc1. The Morgan fingerprint density at radius 3 is 1.35 bits per heavy atom. The molecule has 2 aromatic carbocycles. The van der Waals surface area contributed by atoms with Gasteiger partial charge in [-0.15, -0.1) is 0 Å². The van der Waals surface area contributed by atoms with Crippen molar-refractivity contribution in [2.24, 2.45) is 0 Å². The molecule has 0 unspecified atom stereocenters. The molecule has 2 aromatic rings. The summed E-state index contributed by atoms with van der Waals surface area (Å²) in [4.78, 5) is 0. The van der Waals surface area contributed by atoms with Gasteiger partial charge in [0.25, 0.3) is 0 Å². The molecule has 0 fully saturated rings. The second kappa shape index (κ2) is 6.09. The zero-order chi connectivity index (χ0) is 12.7. The molecule has 0 radical (unpaired) electrons. The maximum absolute atomic E-state index is 8.63. The predicted molar refractivity (Wildman–Crippen MR) is 73.2 cm³/mol. The van der Waals surface area contributed by atoms with Gasteiger partial charge in [-0.1, -0.05) is 69.3 Å². The highest BCUT2D eigenvalue weighted by Gasteiger charge is 2.11. The predicted octanol–water partition coefficient (Wildman–Crippen LogP) is 4.38. The van der Waals surface area contributed by atoms with Gasteiger partial charge in [-0.05, 0) is 23.1 Å². The van der Waals surface area contributed by atoms with Crippen molar-refractivity contribution in [1.29, 1.82) is 0 Å². The lowest BCUT2D eigenvalue weighted by Crippen LogP contribution is -2.10. The summed E-state index contributed by atoms with van der Waals surface area (Å²) >= 11 is 0. The van der Waals surface area contributed by atoms with Crippen molar-refractivity contribution in [3.8, 4) is 5.75 Å². The first-order valence-electron chi connectivity index (χ1n) is 5.79. The molecule has 1 nitrogen and oxygen atoms in total. The Labute approximate surface area is 104 Å². The molecule has 0 bridgehead atoms. The molecule has 17 heavy (non-hydrogen) atoms. The second-order valence-corrected chi connectivity index (χ2v) is 4.95. The van der Waals surface area contributed by atoms with Crippen LogP contribution in [0.4, 0.5) is 0 Å². The van der Waals surface area contributed by atoms with Crippen LogP contribution in [0.25, 0.3) is 0 Å². The van der Waals surface area contributed by atoms with E-state index in [1.807, 2.05) is 6.07 Å². The van der Waals surface area contributed by atoms with Gasteiger partial charge in [-0.25, -0.2) is 0 Å². The minimum absolute atomic E-state index is 0.293. The van der Waals surface area contributed by atoms with E-state index in [1.165, 1.54) is 5.56 Å². The van der Waals surface area contributed by atoms with Crippen molar-refractivity contribution in [3.05, 3.63) is 66.2 Å². The number of phenols is 1. The van der Waals surface area contributed by atoms with E-state index in [9.17, 15) is 0 Å². The van der Waals surface area contributed by atoms with E-state index >= 15 is 0 Å². The highest BCUT2D eigenvalue weighted by molar-refractivity contribution is 5.22. The van der Waals surface area contributed by atoms with Gasteiger partial charge in [0.1, 0.15) is 5.75 Å². The first-order valence-corrected chi connectivity index (χ1v) is 5.79. The molecule has 0 aliphatic carbocycles. The fourth-order valence-electron chi connectivity index (χ4n) is 1.37. The molecular formula is C16H20O. The number of benzene rings is 2. The second-order valence-electron chi connectivity index (χ2n) is 4.95. The third-order valence-electron chi connectivity index (χ3n) is 2.40. The van der Waals surface area contributed by atoms with Crippen LogP contribution in [0, 0.1) is 0 Å². The van der Waals surface area contributed by atoms with E-state index < -0.39 is 0 Å². The average molecular weight is 228 g/mol. The molecule has 0 heterocycles. The van der Waals surface area contributed by atoms with Crippen LogP contribution in [0.3, 0.4) is 0 Å². The highest BCUT2D eigenvalue weighted by Crippen LogP contribution is 2.20. The Bertz CT molecular complexity index is 412. The topological polar surface area (TPSA) is 20.2 Å². The van der Waals surface area contributed by atoms with E-state index in [4.69, 9.17) is 5.11 Å². The summed E-state index contributed by atoms with van der Waals surface area (Å²) in [5.41, 5.74) is 1.69. The van der Waals surface area contributed by atoms with Crippen molar-refractivity contribution in [1.82, 2.24) is 0 Å². The monoisotopic (exact) mass is 228 g/mol.